The second kappa shape index (κ2) is 4.74. The molecule has 1 aliphatic rings. The summed E-state index contributed by atoms with van der Waals surface area (Å²) >= 11 is 0. The maximum absolute atomic E-state index is 11.8. The highest BCUT2D eigenvalue weighted by Crippen LogP contribution is 2.09. The second-order valence-corrected chi connectivity index (χ2v) is 4.26. The minimum absolute atomic E-state index is 0.0414. The van der Waals surface area contributed by atoms with Gasteiger partial charge in [0.15, 0.2) is 11.3 Å². The summed E-state index contributed by atoms with van der Waals surface area (Å²) in [7, 11) is 0. The van der Waals surface area contributed by atoms with Crippen LogP contribution in [0.25, 0.3) is 0 Å². The highest BCUT2D eigenvalue weighted by molar-refractivity contribution is 5.95. The lowest BCUT2D eigenvalue weighted by molar-refractivity contribution is 0.0692. The number of aromatic carboxylic acids is 1. The Morgan fingerprint density at radius 3 is 2.95 bits per heavy atom. The molecule has 3 rings (SSSR count). The average molecular weight is 291 g/mol. The second-order valence-electron chi connectivity index (χ2n) is 4.26. The molecule has 0 spiro atoms. The van der Waals surface area contributed by atoms with Gasteiger partial charge < -0.3 is 14.9 Å². The number of carboxylic acid groups (broad SMARTS) is 1. The van der Waals surface area contributed by atoms with Gasteiger partial charge in [0.2, 0.25) is 6.39 Å². The van der Waals surface area contributed by atoms with E-state index in [0.29, 0.717) is 5.82 Å². The molecular weight excluding hydrogens is 282 g/mol. The van der Waals surface area contributed by atoms with E-state index in [0.717, 1.165) is 18.7 Å². The molecule has 108 valence electrons. The Bertz CT molecular complexity index is 766. The van der Waals surface area contributed by atoms with E-state index < -0.39 is 22.9 Å². The SMILES string of the molecule is O=C(O)c1cn2c(cc1=O)C(=O)NCN2Cc1ncon1. The normalized spacial score (nSPS) is 13.7. The molecule has 0 aromatic carbocycles. The van der Waals surface area contributed by atoms with Crippen LogP contribution in [0, 0.1) is 0 Å². The Hall–Kier alpha value is -3.17. The van der Waals surface area contributed by atoms with Crippen LogP contribution >= 0.6 is 0 Å². The zero-order valence-electron chi connectivity index (χ0n) is 10.5. The summed E-state index contributed by atoms with van der Waals surface area (Å²) in [5.74, 6) is -1.47. The maximum atomic E-state index is 11.8. The number of hydrogen-bond acceptors (Lipinski definition) is 7. The number of nitrogens with zero attached hydrogens (tertiary/aromatic N) is 4. The number of carboxylic acids is 1. The van der Waals surface area contributed by atoms with Gasteiger partial charge in [-0.05, 0) is 0 Å². The van der Waals surface area contributed by atoms with Gasteiger partial charge in [0.25, 0.3) is 5.91 Å². The number of hydrogen-bond donors (Lipinski definition) is 2. The quantitative estimate of drug-likeness (QED) is 0.718. The van der Waals surface area contributed by atoms with Crippen LogP contribution in [0.15, 0.2) is 28.0 Å². The Morgan fingerprint density at radius 2 is 2.29 bits per heavy atom. The Labute approximate surface area is 116 Å². The number of rotatable bonds is 3. The van der Waals surface area contributed by atoms with Crippen LogP contribution in [0.4, 0.5) is 0 Å². The Kier molecular flexibility index (Phi) is 2.90. The molecule has 0 bridgehead atoms. The molecule has 0 atom stereocenters. The molecule has 0 fully saturated rings. The summed E-state index contributed by atoms with van der Waals surface area (Å²) in [6.45, 7) is 0.286. The molecule has 1 amide bonds. The van der Waals surface area contributed by atoms with Gasteiger partial charge in [-0.3, -0.25) is 19.3 Å². The molecule has 10 nitrogen and oxygen atoms in total. The van der Waals surface area contributed by atoms with E-state index in [4.69, 9.17) is 5.11 Å². The number of carbonyl (C=O) groups is 2. The van der Waals surface area contributed by atoms with Gasteiger partial charge in [-0.1, -0.05) is 5.16 Å². The van der Waals surface area contributed by atoms with Crippen LogP contribution in [-0.2, 0) is 6.54 Å². The molecule has 2 N–H and O–H groups in total. The fourth-order valence-corrected chi connectivity index (χ4v) is 1.97. The first-order chi connectivity index (χ1) is 10.1. The molecule has 0 saturated carbocycles. The summed E-state index contributed by atoms with van der Waals surface area (Å²) < 4.78 is 5.92. The maximum Gasteiger partial charge on any atom is 0.341 e. The van der Waals surface area contributed by atoms with E-state index in [1.165, 1.54) is 4.68 Å². The van der Waals surface area contributed by atoms with Gasteiger partial charge in [-0.25, -0.2) is 4.79 Å². The summed E-state index contributed by atoms with van der Waals surface area (Å²) in [6.07, 6.45) is 2.27. The smallest absolute Gasteiger partial charge is 0.341 e. The van der Waals surface area contributed by atoms with Crippen molar-refractivity contribution in [2.45, 2.75) is 6.54 Å². The van der Waals surface area contributed by atoms with Gasteiger partial charge in [0.05, 0.1) is 0 Å². The molecule has 21 heavy (non-hydrogen) atoms. The van der Waals surface area contributed by atoms with Gasteiger partial charge in [0.1, 0.15) is 24.5 Å². The molecule has 1 aliphatic heterocycles. The largest absolute Gasteiger partial charge is 0.477 e. The number of nitrogens with one attached hydrogen (secondary N) is 1. The lowest BCUT2D eigenvalue weighted by atomic mass is 10.2. The van der Waals surface area contributed by atoms with Gasteiger partial charge in [-0.15, -0.1) is 0 Å². The monoisotopic (exact) mass is 291 g/mol. The standard InChI is InChI=1S/C11H9N5O5/c17-8-1-7-10(18)12-4-15(3-9-13-5-21-14-9)16(7)2-6(8)11(19)20/h1-2,5H,3-4H2,(H,12,18)(H,19,20). The molecule has 0 radical (unpaired) electrons. The van der Waals surface area contributed by atoms with Crippen molar-refractivity contribution in [1.82, 2.24) is 20.1 Å². The predicted octanol–water partition coefficient (Wildman–Crippen LogP) is -1.23. The van der Waals surface area contributed by atoms with Crippen molar-refractivity contribution in [3.8, 4) is 0 Å². The van der Waals surface area contributed by atoms with Gasteiger partial charge in [-0.2, -0.15) is 4.98 Å². The first-order valence-corrected chi connectivity index (χ1v) is 5.85. The van der Waals surface area contributed by atoms with Crippen molar-refractivity contribution in [1.29, 1.82) is 0 Å². The topological polar surface area (TPSA) is 131 Å². The summed E-state index contributed by atoms with van der Waals surface area (Å²) in [5.41, 5.74) is -1.11. The lowest BCUT2D eigenvalue weighted by Gasteiger charge is -2.32. The molecule has 0 aliphatic carbocycles. The van der Waals surface area contributed by atoms with Crippen molar-refractivity contribution in [3.05, 3.63) is 46.0 Å². The van der Waals surface area contributed by atoms with E-state index in [-0.39, 0.29) is 18.9 Å². The molecule has 2 aromatic rings. The summed E-state index contributed by atoms with van der Waals surface area (Å²) in [6, 6.07) is 0.987. The van der Waals surface area contributed by atoms with Crippen LogP contribution in [0.2, 0.25) is 0 Å². The first-order valence-electron chi connectivity index (χ1n) is 5.85. The van der Waals surface area contributed by atoms with Crippen molar-refractivity contribution in [2.75, 3.05) is 11.7 Å². The fourth-order valence-electron chi connectivity index (χ4n) is 1.97. The molecular formula is C11H9N5O5. The number of pyridine rings is 1. The third-order valence-corrected chi connectivity index (χ3v) is 2.95. The predicted molar refractivity (Wildman–Crippen MR) is 66.2 cm³/mol. The molecule has 2 aromatic heterocycles. The van der Waals surface area contributed by atoms with E-state index in [2.05, 4.69) is 20.0 Å². The third-order valence-electron chi connectivity index (χ3n) is 2.95. The van der Waals surface area contributed by atoms with Gasteiger partial charge in [0, 0.05) is 12.3 Å². The number of amides is 1. The molecule has 0 saturated heterocycles. The third kappa shape index (κ3) is 2.22. The van der Waals surface area contributed by atoms with Crippen LogP contribution < -0.4 is 15.8 Å². The summed E-state index contributed by atoms with van der Waals surface area (Å²) in [5, 5.41) is 16.8. The van der Waals surface area contributed by atoms with Crippen LogP contribution in [-0.4, -0.2) is 38.5 Å². The Morgan fingerprint density at radius 1 is 1.48 bits per heavy atom. The average Bonchev–Trinajstić information content (AvgIpc) is 2.94. The fraction of sp³-hybridized carbons (Fsp3) is 0.182. The first kappa shape index (κ1) is 12.8. The van der Waals surface area contributed by atoms with E-state index in [1.54, 1.807) is 5.01 Å². The number of aromatic nitrogens is 3. The van der Waals surface area contributed by atoms with Crippen molar-refractivity contribution in [2.24, 2.45) is 0 Å². The molecule has 10 heteroatoms. The van der Waals surface area contributed by atoms with E-state index in [9.17, 15) is 14.4 Å². The zero-order chi connectivity index (χ0) is 15.0. The number of carbonyl (C=O) groups excluding carboxylic acids is 1. The van der Waals surface area contributed by atoms with E-state index >= 15 is 0 Å². The van der Waals surface area contributed by atoms with Crippen LogP contribution in [0.5, 0.6) is 0 Å². The minimum Gasteiger partial charge on any atom is -0.477 e. The lowest BCUT2D eigenvalue weighted by Crippen LogP contribution is -2.52. The van der Waals surface area contributed by atoms with Crippen LogP contribution in [0.3, 0.4) is 0 Å². The van der Waals surface area contributed by atoms with Crippen molar-refractivity contribution >= 4 is 11.9 Å². The van der Waals surface area contributed by atoms with E-state index in [1.807, 2.05) is 0 Å². The minimum atomic E-state index is -1.36. The highest BCUT2D eigenvalue weighted by Gasteiger charge is 2.25. The molecule has 3 heterocycles. The number of fused-ring (bicyclic) bond motifs is 1. The van der Waals surface area contributed by atoms with Crippen molar-refractivity contribution in [3.63, 3.8) is 0 Å². The summed E-state index contributed by atoms with van der Waals surface area (Å²) in [4.78, 5) is 38.3. The van der Waals surface area contributed by atoms with Crippen LogP contribution in [0.1, 0.15) is 26.7 Å². The Balaban J connectivity index is 2.07. The van der Waals surface area contributed by atoms with Crippen molar-refractivity contribution < 1.29 is 19.2 Å². The zero-order valence-corrected chi connectivity index (χ0v) is 10.5. The highest BCUT2D eigenvalue weighted by atomic mass is 16.5. The van der Waals surface area contributed by atoms with Gasteiger partial charge >= 0.3 is 5.97 Å². The molecule has 0 unspecified atom stereocenters.